The lowest BCUT2D eigenvalue weighted by Gasteiger charge is -2.01. The highest BCUT2D eigenvalue weighted by molar-refractivity contribution is 6.30. The van der Waals surface area contributed by atoms with E-state index in [2.05, 4.69) is 5.10 Å². The van der Waals surface area contributed by atoms with Gasteiger partial charge in [-0.25, -0.2) is 0 Å². The molecule has 0 saturated carbocycles. The molecule has 0 amide bonds. The molecule has 0 spiro atoms. The molecule has 0 N–H and O–H groups in total. The Kier molecular flexibility index (Phi) is 2.53. The molecule has 0 unspecified atom stereocenters. The lowest BCUT2D eigenvalue weighted by atomic mass is 10.0. The Morgan fingerprint density at radius 3 is 2.38 bits per heavy atom. The molecular formula is C17H11ClN2O. The number of aromatic nitrogens is 2. The van der Waals surface area contributed by atoms with Crippen molar-refractivity contribution in [1.82, 2.24) is 9.78 Å². The number of ketones is 1. The van der Waals surface area contributed by atoms with Crippen molar-refractivity contribution in [2.24, 2.45) is 7.05 Å². The summed E-state index contributed by atoms with van der Waals surface area (Å²) in [6, 6.07) is 15.1. The SMILES string of the molecule is Cn1nc(-c2ccc(Cl)cc2)c2c1-c1ccccc1C2=O. The first-order valence-corrected chi connectivity index (χ1v) is 7.01. The molecule has 2 aromatic carbocycles. The topological polar surface area (TPSA) is 34.9 Å². The van der Waals surface area contributed by atoms with Crippen LogP contribution in [-0.2, 0) is 7.05 Å². The van der Waals surface area contributed by atoms with E-state index < -0.39 is 0 Å². The predicted molar refractivity (Wildman–Crippen MR) is 82.5 cm³/mol. The molecule has 0 fully saturated rings. The Morgan fingerprint density at radius 2 is 1.67 bits per heavy atom. The van der Waals surface area contributed by atoms with Crippen LogP contribution >= 0.6 is 11.6 Å². The third-order valence-electron chi connectivity index (χ3n) is 3.82. The molecule has 1 aliphatic carbocycles. The zero-order valence-corrected chi connectivity index (χ0v) is 12.1. The van der Waals surface area contributed by atoms with Gasteiger partial charge in [-0.3, -0.25) is 9.48 Å². The van der Waals surface area contributed by atoms with Crippen molar-refractivity contribution in [3.05, 3.63) is 64.7 Å². The van der Waals surface area contributed by atoms with Crippen LogP contribution < -0.4 is 0 Å². The van der Waals surface area contributed by atoms with E-state index in [9.17, 15) is 4.79 Å². The first-order chi connectivity index (χ1) is 10.2. The Labute approximate surface area is 126 Å². The van der Waals surface area contributed by atoms with E-state index in [1.807, 2.05) is 55.6 Å². The summed E-state index contributed by atoms with van der Waals surface area (Å²) in [5.74, 6) is 0.0404. The van der Waals surface area contributed by atoms with Gasteiger partial charge in [0.2, 0.25) is 0 Å². The number of benzene rings is 2. The lowest BCUT2D eigenvalue weighted by Crippen LogP contribution is -1.98. The first-order valence-electron chi connectivity index (χ1n) is 6.64. The third-order valence-corrected chi connectivity index (χ3v) is 4.07. The van der Waals surface area contributed by atoms with E-state index >= 15 is 0 Å². The van der Waals surface area contributed by atoms with Gasteiger partial charge in [-0.1, -0.05) is 48.0 Å². The quantitative estimate of drug-likeness (QED) is 0.533. The fraction of sp³-hybridized carbons (Fsp3) is 0.0588. The predicted octanol–water partition coefficient (Wildman–Crippen LogP) is 3.95. The van der Waals surface area contributed by atoms with Crippen molar-refractivity contribution in [2.75, 3.05) is 0 Å². The number of carbonyl (C=O) groups is 1. The number of carbonyl (C=O) groups excluding carboxylic acids is 1. The monoisotopic (exact) mass is 294 g/mol. The maximum Gasteiger partial charge on any atom is 0.198 e. The average Bonchev–Trinajstić information content (AvgIpc) is 2.98. The number of nitrogens with zero attached hydrogens (tertiary/aromatic N) is 2. The summed E-state index contributed by atoms with van der Waals surface area (Å²) in [5, 5.41) is 5.20. The molecule has 3 nitrogen and oxygen atoms in total. The maximum absolute atomic E-state index is 12.7. The summed E-state index contributed by atoms with van der Waals surface area (Å²) in [6.07, 6.45) is 0. The van der Waals surface area contributed by atoms with Gasteiger partial charge in [0.25, 0.3) is 0 Å². The minimum Gasteiger partial charge on any atom is -0.288 e. The summed E-state index contributed by atoms with van der Waals surface area (Å²) in [5.41, 5.74) is 4.88. The van der Waals surface area contributed by atoms with Crippen molar-refractivity contribution in [1.29, 1.82) is 0 Å². The van der Waals surface area contributed by atoms with Crippen LogP contribution in [-0.4, -0.2) is 15.6 Å². The molecule has 4 rings (SSSR count). The van der Waals surface area contributed by atoms with Crippen molar-refractivity contribution < 1.29 is 4.79 Å². The van der Waals surface area contributed by atoms with Crippen LogP contribution in [0, 0.1) is 0 Å². The molecule has 102 valence electrons. The summed E-state index contributed by atoms with van der Waals surface area (Å²) < 4.78 is 1.78. The van der Waals surface area contributed by atoms with E-state index in [4.69, 9.17) is 11.6 Å². The first kappa shape index (κ1) is 12.4. The van der Waals surface area contributed by atoms with E-state index in [0.717, 1.165) is 22.4 Å². The molecule has 0 bridgehead atoms. The fourth-order valence-electron chi connectivity index (χ4n) is 2.88. The fourth-order valence-corrected chi connectivity index (χ4v) is 3.01. The molecule has 4 heteroatoms. The van der Waals surface area contributed by atoms with Crippen molar-refractivity contribution in [3.63, 3.8) is 0 Å². The molecular weight excluding hydrogens is 284 g/mol. The molecule has 0 radical (unpaired) electrons. The second kappa shape index (κ2) is 4.30. The molecule has 1 heterocycles. The van der Waals surface area contributed by atoms with Crippen molar-refractivity contribution >= 4 is 17.4 Å². The Morgan fingerprint density at radius 1 is 1.00 bits per heavy atom. The van der Waals surface area contributed by atoms with E-state index in [0.29, 0.717) is 16.3 Å². The molecule has 1 aliphatic rings. The second-order valence-corrected chi connectivity index (χ2v) is 5.51. The summed E-state index contributed by atoms with van der Waals surface area (Å²) >= 11 is 5.93. The van der Waals surface area contributed by atoms with Gasteiger partial charge < -0.3 is 0 Å². The number of fused-ring (bicyclic) bond motifs is 3. The Hall–Kier alpha value is -2.39. The van der Waals surface area contributed by atoms with Crippen molar-refractivity contribution in [3.8, 4) is 22.5 Å². The van der Waals surface area contributed by atoms with Gasteiger partial charge >= 0.3 is 0 Å². The van der Waals surface area contributed by atoms with Crippen LogP contribution in [0.4, 0.5) is 0 Å². The zero-order chi connectivity index (χ0) is 14.6. The minimum atomic E-state index is 0.0404. The van der Waals surface area contributed by atoms with E-state index in [1.54, 1.807) is 4.68 Å². The smallest absolute Gasteiger partial charge is 0.198 e. The molecule has 0 atom stereocenters. The van der Waals surface area contributed by atoms with Gasteiger partial charge in [0.1, 0.15) is 5.69 Å². The highest BCUT2D eigenvalue weighted by atomic mass is 35.5. The molecule has 0 saturated heterocycles. The minimum absolute atomic E-state index is 0.0404. The normalized spacial score (nSPS) is 12.4. The van der Waals surface area contributed by atoms with Gasteiger partial charge in [-0.15, -0.1) is 0 Å². The largest absolute Gasteiger partial charge is 0.288 e. The van der Waals surface area contributed by atoms with E-state index in [1.165, 1.54) is 0 Å². The number of rotatable bonds is 1. The van der Waals surface area contributed by atoms with Gasteiger partial charge in [-0.05, 0) is 12.1 Å². The lowest BCUT2D eigenvalue weighted by molar-refractivity contribution is 0.104. The van der Waals surface area contributed by atoms with Crippen LogP contribution in [0.3, 0.4) is 0 Å². The molecule has 1 aromatic heterocycles. The number of hydrogen-bond acceptors (Lipinski definition) is 2. The highest BCUT2D eigenvalue weighted by Crippen LogP contribution is 2.41. The standard InChI is InChI=1S/C17H11ClN2O/c1-20-16-12-4-2-3-5-13(12)17(21)14(16)15(19-20)10-6-8-11(18)9-7-10/h2-9H,1H3. The zero-order valence-electron chi connectivity index (χ0n) is 11.3. The van der Waals surface area contributed by atoms with Gasteiger partial charge in [0.05, 0.1) is 11.3 Å². The summed E-state index contributed by atoms with van der Waals surface area (Å²) in [4.78, 5) is 12.7. The second-order valence-electron chi connectivity index (χ2n) is 5.08. The number of aryl methyl sites for hydroxylation is 1. The molecule has 0 aliphatic heterocycles. The van der Waals surface area contributed by atoms with Gasteiger partial charge in [0.15, 0.2) is 5.78 Å². The summed E-state index contributed by atoms with van der Waals surface area (Å²) in [7, 11) is 1.87. The Bertz CT molecular complexity index is 878. The maximum atomic E-state index is 12.7. The average molecular weight is 295 g/mol. The van der Waals surface area contributed by atoms with Gasteiger partial charge in [-0.2, -0.15) is 5.10 Å². The van der Waals surface area contributed by atoms with Crippen LogP contribution in [0.25, 0.3) is 22.5 Å². The van der Waals surface area contributed by atoms with Gasteiger partial charge in [0, 0.05) is 28.8 Å². The summed E-state index contributed by atoms with van der Waals surface area (Å²) in [6.45, 7) is 0. The van der Waals surface area contributed by atoms with E-state index in [-0.39, 0.29) is 5.78 Å². The van der Waals surface area contributed by atoms with Crippen LogP contribution in [0.15, 0.2) is 48.5 Å². The molecule has 21 heavy (non-hydrogen) atoms. The van der Waals surface area contributed by atoms with Crippen molar-refractivity contribution in [2.45, 2.75) is 0 Å². The number of hydrogen-bond donors (Lipinski definition) is 0. The van der Waals surface area contributed by atoms with Crippen LogP contribution in [0.1, 0.15) is 15.9 Å². The third kappa shape index (κ3) is 1.68. The van der Waals surface area contributed by atoms with Crippen LogP contribution in [0.2, 0.25) is 5.02 Å². The number of halogens is 1. The van der Waals surface area contributed by atoms with Crippen LogP contribution in [0.5, 0.6) is 0 Å². The highest BCUT2D eigenvalue weighted by Gasteiger charge is 2.33. The Balaban J connectivity index is 1.99. The molecule has 3 aromatic rings.